The summed E-state index contributed by atoms with van der Waals surface area (Å²) in [6.45, 7) is 11.0. The standard InChI is InChI=1S/C22H24FN5.C3H6/c1-3-5-17-13-26-22(28-17)20(18-12-14(4-2)6-11-19(18)23)27-16-9-7-15(8-10-16)21(24)25;1-3-2/h3,6-13,20,27H,1,4-5H2,2H3,(H3,24,25)(H,26,28);3H,1H2,2H3. The van der Waals surface area contributed by atoms with E-state index in [0.29, 0.717) is 23.4 Å². The second-order valence-corrected chi connectivity index (χ2v) is 6.97. The van der Waals surface area contributed by atoms with Gasteiger partial charge < -0.3 is 16.0 Å². The average Bonchev–Trinajstić information content (AvgIpc) is 3.22. The van der Waals surface area contributed by atoms with Crippen LogP contribution in [0.5, 0.6) is 0 Å². The number of benzene rings is 2. The monoisotopic (exact) mass is 419 g/mol. The lowest BCUT2D eigenvalue weighted by molar-refractivity contribution is 0.600. The minimum atomic E-state index is -0.492. The summed E-state index contributed by atoms with van der Waals surface area (Å²) in [5, 5.41) is 10.9. The maximum absolute atomic E-state index is 14.7. The van der Waals surface area contributed by atoms with Crippen molar-refractivity contribution in [3.8, 4) is 0 Å². The zero-order chi connectivity index (χ0) is 22.8. The molecule has 3 rings (SSSR count). The normalized spacial score (nSPS) is 11.1. The lowest BCUT2D eigenvalue weighted by atomic mass is 10.0. The van der Waals surface area contributed by atoms with Crippen LogP contribution in [0.2, 0.25) is 0 Å². The minimum absolute atomic E-state index is 0.00453. The van der Waals surface area contributed by atoms with Gasteiger partial charge in [0, 0.05) is 35.1 Å². The summed E-state index contributed by atoms with van der Waals surface area (Å²) in [5.74, 6) is 0.335. The number of allylic oxidation sites excluding steroid dienone is 2. The maximum atomic E-state index is 14.7. The highest BCUT2D eigenvalue weighted by molar-refractivity contribution is 5.95. The van der Waals surface area contributed by atoms with E-state index < -0.39 is 6.04 Å². The molecule has 6 heteroatoms. The van der Waals surface area contributed by atoms with Crippen molar-refractivity contribution in [3.05, 3.63) is 108 Å². The number of amidine groups is 1. The van der Waals surface area contributed by atoms with E-state index >= 15 is 0 Å². The molecule has 0 fully saturated rings. The largest absolute Gasteiger partial charge is 0.384 e. The van der Waals surface area contributed by atoms with Crippen LogP contribution in [0.1, 0.15) is 48.1 Å². The Kier molecular flexibility index (Phi) is 8.76. The van der Waals surface area contributed by atoms with Crippen molar-refractivity contribution in [1.29, 1.82) is 5.41 Å². The zero-order valence-corrected chi connectivity index (χ0v) is 18.1. The molecule has 0 bridgehead atoms. The predicted molar refractivity (Wildman–Crippen MR) is 127 cm³/mol. The number of aromatic nitrogens is 2. The molecule has 162 valence electrons. The second kappa shape index (κ2) is 11.5. The van der Waals surface area contributed by atoms with Gasteiger partial charge in [0.25, 0.3) is 0 Å². The van der Waals surface area contributed by atoms with Crippen molar-refractivity contribution in [2.75, 3.05) is 5.32 Å². The molecule has 1 atom stereocenters. The second-order valence-electron chi connectivity index (χ2n) is 6.97. The smallest absolute Gasteiger partial charge is 0.133 e. The average molecular weight is 420 g/mol. The highest BCUT2D eigenvalue weighted by Crippen LogP contribution is 2.28. The minimum Gasteiger partial charge on any atom is -0.384 e. The number of nitrogens with zero attached hydrogens (tertiary/aromatic N) is 1. The first-order valence-corrected chi connectivity index (χ1v) is 10.1. The highest BCUT2D eigenvalue weighted by Gasteiger charge is 2.21. The van der Waals surface area contributed by atoms with Gasteiger partial charge in [0.2, 0.25) is 0 Å². The first-order valence-electron chi connectivity index (χ1n) is 10.1. The molecule has 0 aliphatic rings. The summed E-state index contributed by atoms with van der Waals surface area (Å²) in [6.07, 6.45) is 6.75. The molecule has 5 N–H and O–H groups in total. The summed E-state index contributed by atoms with van der Waals surface area (Å²) in [6, 6.07) is 11.8. The summed E-state index contributed by atoms with van der Waals surface area (Å²) < 4.78 is 14.7. The van der Waals surface area contributed by atoms with Gasteiger partial charge in [0.05, 0.1) is 0 Å². The van der Waals surface area contributed by atoms with Crippen LogP contribution in [-0.4, -0.2) is 15.8 Å². The summed E-state index contributed by atoms with van der Waals surface area (Å²) in [5.41, 5.74) is 9.41. The molecule has 0 aliphatic heterocycles. The Morgan fingerprint density at radius 1 is 1.26 bits per heavy atom. The Bertz CT molecular complexity index is 1020. The fourth-order valence-corrected chi connectivity index (χ4v) is 3.02. The molecule has 2 aromatic carbocycles. The number of halogens is 1. The molecule has 31 heavy (non-hydrogen) atoms. The number of imidazole rings is 1. The van der Waals surface area contributed by atoms with E-state index in [1.807, 2.05) is 32.0 Å². The van der Waals surface area contributed by atoms with Crippen LogP contribution in [0.25, 0.3) is 0 Å². The van der Waals surface area contributed by atoms with Crippen molar-refractivity contribution in [2.24, 2.45) is 5.73 Å². The molecule has 0 saturated heterocycles. The van der Waals surface area contributed by atoms with E-state index in [-0.39, 0.29) is 11.7 Å². The third-order valence-corrected chi connectivity index (χ3v) is 4.57. The molecule has 1 unspecified atom stereocenters. The number of aromatic amines is 1. The van der Waals surface area contributed by atoms with Crippen molar-refractivity contribution in [3.63, 3.8) is 0 Å². The number of nitrogens with one attached hydrogen (secondary N) is 3. The van der Waals surface area contributed by atoms with E-state index in [2.05, 4.69) is 28.4 Å². The third-order valence-electron chi connectivity index (χ3n) is 4.57. The van der Waals surface area contributed by atoms with Gasteiger partial charge in [-0.05, 0) is 49.2 Å². The Morgan fingerprint density at radius 2 is 1.94 bits per heavy atom. The molecule has 1 heterocycles. The van der Waals surface area contributed by atoms with E-state index in [1.165, 1.54) is 6.07 Å². The number of nitrogens with two attached hydrogens (primary N) is 1. The summed E-state index contributed by atoms with van der Waals surface area (Å²) in [7, 11) is 0. The van der Waals surface area contributed by atoms with E-state index in [0.717, 1.165) is 23.4 Å². The van der Waals surface area contributed by atoms with Crippen LogP contribution in [-0.2, 0) is 12.8 Å². The quantitative estimate of drug-likeness (QED) is 0.220. The molecule has 0 saturated carbocycles. The number of hydrogen-bond donors (Lipinski definition) is 4. The zero-order valence-electron chi connectivity index (χ0n) is 18.1. The molecular formula is C25H30FN5. The molecule has 0 radical (unpaired) electrons. The van der Waals surface area contributed by atoms with Crippen molar-refractivity contribution < 1.29 is 4.39 Å². The number of nitrogen functional groups attached to an aromatic ring is 1. The van der Waals surface area contributed by atoms with Crippen molar-refractivity contribution in [1.82, 2.24) is 9.97 Å². The van der Waals surface area contributed by atoms with Crippen LogP contribution in [0, 0.1) is 11.2 Å². The molecule has 5 nitrogen and oxygen atoms in total. The van der Waals surface area contributed by atoms with Gasteiger partial charge in [-0.1, -0.05) is 31.2 Å². The van der Waals surface area contributed by atoms with Crippen LogP contribution in [0.4, 0.5) is 10.1 Å². The third kappa shape index (κ3) is 6.40. The fraction of sp³-hybridized carbons (Fsp3) is 0.200. The Balaban J connectivity index is 0.00000107. The van der Waals surface area contributed by atoms with Crippen LogP contribution in [0.3, 0.4) is 0 Å². The number of anilines is 1. The molecule has 0 spiro atoms. The number of hydrogen-bond acceptors (Lipinski definition) is 3. The van der Waals surface area contributed by atoms with E-state index in [9.17, 15) is 4.39 Å². The molecule has 3 aromatic rings. The van der Waals surface area contributed by atoms with E-state index in [4.69, 9.17) is 11.1 Å². The van der Waals surface area contributed by atoms with E-state index in [1.54, 1.807) is 36.5 Å². The highest BCUT2D eigenvalue weighted by atomic mass is 19.1. The SMILES string of the molecule is C=CC.C=CCc1cnc(C(Nc2ccc(C(=N)N)cc2)c2cc(CC)ccc2F)[nH]1. The number of aryl methyl sites for hydroxylation is 1. The predicted octanol–water partition coefficient (Wildman–Crippen LogP) is 5.52. The van der Waals surface area contributed by atoms with Gasteiger partial charge in [0.1, 0.15) is 23.5 Å². The van der Waals surface area contributed by atoms with Gasteiger partial charge in [-0.2, -0.15) is 0 Å². The molecule has 0 aliphatic carbocycles. The lowest BCUT2D eigenvalue weighted by Gasteiger charge is -2.20. The number of rotatable bonds is 8. The van der Waals surface area contributed by atoms with Crippen molar-refractivity contribution >= 4 is 11.5 Å². The Morgan fingerprint density at radius 3 is 2.52 bits per heavy atom. The summed E-state index contributed by atoms with van der Waals surface area (Å²) >= 11 is 0. The Labute approximate surface area is 183 Å². The van der Waals surface area contributed by atoms with Crippen LogP contribution >= 0.6 is 0 Å². The molecule has 0 amide bonds. The first kappa shape index (κ1) is 23.6. The molecule has 1 aromatic heterocycles. The van der Waals surface area contributed by atoms with Gasteiger partial charge >= 0.3 is 0 Å². The van der Waals surface area contributed by atoms with Gasteiger partial charge in [0.15, 0.2) is 0 Å². The maximum Gasteiger partial charge on any atom is 0.133 e. The lowest BCUT2D eigenvalue weighted by Crippen LogP contribution is -2.16. The van der Waals surface area contributed by atoms with Gasteiger partial charge in [-0.15, -0.1) is 13.2 Å². The topological polar surface area (TPSA) is 90.6 Å². The summed E-state index contributed by atoms with van der Waals surface area (Å²) in [4.78, 5) is 7.73. The van der Waals surface area contributed by atoms with Crippen LogP contribution in [0.15, 0.2) is 74.0 Å². The van der Waals surface area contributed by atoms with Crippen LogP contribution < -0.4 is 11.1 Å². The van der Waals surface area contributed by atoms with Gasteiger partial charge in [-0.25, -0.2) is 9.37 Å². The Hall–Kier alpha value is -3.67. The molecular weight excluding hydrogens is 389 g/mol. The van der Waals surface area contributed by atoms with Gasteiger partial charge in [-0.3, -0.25) is 5.41 Å². The number of H-pyrrole nitrogens is 1. The van der Waals surface area contributed by atoms with Crippen molar-refractivity contribution in [2.45, 2.75) is 32.7 Å². The fourth-order valence-electron chi connectivity index (χ4n) is 3.02. The first-order chi connectivity index (χ1) is 14.9.